The molecule has 5 aliphatic rings. The van der Waals surface area contributed by atoms with Crippen LogP contribution in [0, 0.1) is 17.8 Å². The number of anilines is 3. The third-order valence-corrected chi connectivity index (χ3v) is 19.0. The van der Waals surface area contributed by atoms with Crippen LogP contribution < -0.4 is 29.6 Å². The van der Waals surface area contributed by atoms with Crippen molar-refractivity contribution < 1.29 is 36.8 Å². The van der Waals surface area contributed by atoms with Gasteiger partial charge in [0.05, 0.1) is 76.8 Å². The van der Waals surface area contributed by atoms with Gasteiger partial charge in [0.2, 0.25) is 27.7 Å². The van der Waals surface area contributed by atoms with Gasteiger partial charge >= 0.3 is 0 Å². The molecule has 2 unspecified atom stereocenters. The van der Waals surface area contributed by atoms with Crippen LogP contribution in [0.5, 0.6) is 11.5 Å². The average Bonchev–Trinajstić information content (AvgIpc) is 4.33. The Bertz CT molecular complexity index is 3240. The van der Waals surface area contributed by atoms with E-state index in [-0.39, 0.29) is 40.3 Å². The van der Waals surface area contributed by atoms with Crippen LogP contribution in [-0.4, -0.2) is 129 Å². The fourth-order valence-electron chi connectivity index (χ4n) is 10.5. The molecule has 20 heteroatoms. The molecule has 4 aromatic heterocycles. The number of aromatic nitrogens is 4. The van der Waals surface area contributed by atoms with Crippen molar-refractivity contribution in [2.75, 3.05) is 83.1 Å². The Balaban J connectivity index is 0.892. The summed E-state index contributed by atoms with van der Waals surface area (Å²) in [4.78, 5) is 62.0. The fourth-order valence-corrected chi connectivity index (χ4v) is 13.6. The number of nitrogens with one attached hydrogen (secondary N) is 2. The van der Waals surface area contributed by atoms with E-state index in [4.69, 9.17) is 19.4 Å². The van der Waals surface area contributed by atoms with Gasteiger partial charge in [-0.25, -0.2) is 18.4 Å². The molecule has 2 atom stereocenters. The van der Waals surface area contributed by atoms with E-state index >= 15 is 8.42 Å². The maximum absolute atomic E-state index is 15.0. The largest absolute Gasteiger partial charge is 0.495 e. The van der Waals surface area contributed by atoms with Gasteiger partial charge in [0.25, 0.3) is 0 Å². The second kappa shape index (κ2) is 21.5. The molecule has 0 spiro atoms. The Hall–Kier alpha value is -6.16. The minimum atomic E-state index is -4.17. The highest BCUT2D eigenvalue weighted by molar-refractivity contribution is 7.89. The molecule has 7 heterocycles. The van der Waals surface area contributed by atoms with Gasteiger partial charge in [0.1, 0.15) is 34.4 Å². The zero-order chi connectivity index (χ0) is 52.0. The van der Waals surface area contributed by atoms with E-state index < -0.39 is 16.1 Å². The second-order valence-electron chi connectivity index (χ2n) is 20.8. The number of carbonyl (C=O) groups is 3. The van der Waals surface area contributed by atoms with Crippen molar-refractivity contribution in [3.05, 3.63) is 84.1 Å². The predicted octanol–water partition coefficient (Wildman–Crippen LogP) is 8.07. The van der Waals surface area contributed by atoms with Crippen LogP contribution in [-0.2, 0) is 24.4 Å². The van der Waals surface area contributed by atoms with Crippen molar-refractivity contribution in [1.82, 2.24) is 29.1 Å². The summed E-state index contributed by atoms with van der Waals surface area (Å²) in [5, 5.41) is 9.90. The zero-order valence-corrected chi connectivity index (χ0v) is 45.2. The van der Waals surface area contributed by atoms with Crippen LogP contribution in [0.1, 0.15) is 63.8 Å². The van der Waals surface area contributed by atoms with Crippen molar-refractivity contribution in [3.8, 4) is 55.2 Å². The Labute approximate surface area is 446 Å². The molecule has 2 saturated carbocycles. The van der Waals surface area contributed by atoms with Crippen LogP contribution in [0.3, 0.4) is 0 Å². The molecule has 2 saturated heterocycles. The smallest absolute Gasteiger partial charge is 0.246 e. The molecule has 0 bridgehead atoms. The zero-order valence-electron chi connectivity index (χ0n) is 42.7. The lowest BCUT2D eigenvalue weighted by molar-refractivity contribution is -0.728. The van der Waals surface area contributed by atoms with E-state index in [9.17, 15) is 14.4 Å². The molecule has 75 heavy (non-hydrogen) atoms. The van der Waals surface area contributed by atoms with Crippen molar-refractivity contribution in [3.63, 3.8) is 0 Å². The molecule has 4 fully saturated rings. The van der Waals surface area contributed by atoms with Crippen molar-refractivity contribution >= 4 is 67.5 Å². The van der Waals surface area contributed by atoms with E-state index in [0.717, 1.165) is 78.3 Å². The van der Waals surface area contributed by atoms with Crippen LogP contribution >= 0.6 is 22.7 Å². The molecular formula is C55H63N10O7S3+. The number of benzene rings is 2. The van der Waals surface area contributed by atoms with Gasteiger partial charge in [-0.2, -0.15) is 8.87 Å². The van der Waals surface area contributed by atoms with Crippen LogP contribution in [0.4, 0.5) is 17.1 Å². The lowest BCUT2D eigenvalue weighted by Crippen LogP contribution is -2.59. The van der Waals surface area contributed by atoms with Crippen LogP contribution in [0.15, 0.2) is 89.0 Å². The summed E-state index contributed by atoms with van der Waals surface area (Å²) in [6.45, 7) is 3.84. The predicted molar refractivity (Wildman–Crippen MR) is 290 cm³/mol. The molecule has 17 nitrogen and oxygen atoms in total. The summed E-state index contributed by atoms with van der Waals surface area (Å²) in [5.74, 6) is 1.83. The third kappa shape index (κ3) is 11.4. The molecule has 392 valence electrons. The molecule has 6 aromatic rings. The summed E-state index contributed by atoms with van der Waals surface area (Å²) in [6.07, 6.45) is 14.9. The summed E-state index contributed by atoms with van der Waals surface area (Å²) in [6, 6.07) is 13.8. The number of carbonyl (C=O) groups excluding carboxylic acids is 3. The molecule has 3 amide bonds. The number of piperidine rings is 2. The normalized spacial score (nSPS) is 19.6. The van der Waals surface area contributed by atoms with Gasteiger partial charge in [0, 0.05) is 47.7 Å². The van der Waals surface area contributed by atoms with Gasteiger partial charge in [0.15, 0.2) is 18.4 Å². The number of fused-ring (bicyclic) bond motifs is 1. The number of amides is 3. The quantitative estimate of drug-likeness (QED) is 0.0891. The first-order chi connectivity index (χ1) is 36.3. The molecule has 0 radical (unpaired) electrons. The van der Waals surface area contributed by atoms with E-state index in [0.29, 0.717) is 97.1 Å². The maximum Gasteiger partial charge on any atom is 0.246 e. The molecule has 2 aromatic carbocycles. The number of sulfonamides is 1. The molecule has 2 aliphatic carbocycles. The van der Waals surface area contributed by atoms with Gasteiger partial charge in [-0.1, -0.05) is 12.1 Å². The lowest BCUT2D eigenvalue weighted by Gasteiger charge is -2.37. The first-order valence-corrected chi connectivity index (χ1v) is 29.1. The lowest BCUT2D eigenvalue weighted by atomic mass is 9.95. The van der Waals surface area contributed by atoms with Gasteiger partial charge in [-0.05, 0) is 127 Å². The Morgan fingerprint density at radius 2 is 1.37 bits per heavy atom. The highest BCUT2D eigenvalue weighted by atomic mass is 32.2. The molecule has 2 N–H and O–H groups in total. The molecule has 11 rings (SSSR count). The van der Waals surface area contributed by atoms with Crippen molar-refractivity contribution in [1.29, 1.82) is 0 Å². The van der Waals surface area contributed by atoms with E-state index in [1.807, 2.05) is 65.4 Å². The van der Waals surface area contributed by atoms with Gasteiger partial charge in [-0.3, -0.25) is 24.3 Å². The average molecular weight is 1070 g/mol. The minimum absolute atomic E-state index is 0.00204. The standard InChI is InChI=1S/C55H62N10O7S3/c1-61-16-13-36(14-17-61)55(68)65-19-20-72-48-23-38(9-11-46(48)65)43-29-64(30-44(60-43)51-26-40(33-74-51)58-54(67)22-35-7-8-35)47-31-62(2)18-15-45(47)63(3)75(69,70)52-12-10-37(24-49(52)71-4)41-27-56-28-42(59-41)50-25-39(32-73-50)57-53(66)21-34-5-6-34/h9-12,23-30,32-36,45,47H,5-8,13-22,31H2,1-4H3,(H-,57,58,66,67)/p+1. The maximum atomic E-state index is 15.0. The number of likely N-dealkylation sites (tertiary alicyclic amines) is 2. The van der Waals surface area contributed by atoms with Gasteiger partial charge in [-0.15, -0.1) is 22.7 Å². The Morgan fingerprint density at radius 1 is 0.760 bits per heavy atom. The number of rotatable bonds is 16. The third-order valence-electron chi connectivity index (χ3n) is 15.2. The van der Waals surface area contributed by atoms with Crippen molar-refractivity contribution in [2.45, 2.75) is 74.8 Å². The Kier molecular flexibility index (Phi) is 14.6. The van der Waals surface area contributed by atoms with Crippen LogP contribution in [0.25, 0.3) is 43.7 Å². The number of hydrogen-bond acceptors (Lipinski definition) is 14. The topological polar surface area (TPSA) is 183 Å². The van der Waals surface area contributed by atoms with Crippen LogP contribution in [0.2, 0.25) is 0 Å². The van der Waals surface area contributed by atoms with E-state index in [2.05, 4.69) is 37.0 Å². The first kappa shape index (κ1) is 51.0. The number of ether oxygens (including phenoxy) is 2. The summed E-state index contributed by atoms with van der Waals surface area (Å²) >= 11 is 2.94. The van der Waals surface area contributed by atoms with E-state index in [1.165, 1.54) is 34.1 Å². The highest BCUT2D eigenvalue weighted by Gasteiger charge is 2.43. The molecule has 3 aliphatic heterocycles. The highest BCUT2D eigenvalue weighted by Crippen LogP contribution is 2.40. The summed E-state index contributed by atoms with van der Waals surface area (Å²) < 4.78 is 45.8. The second-order valence-corrected chi connectivity index (χ2v) is 24.6. The monoisotopic (exact) mass is 1070 g/mol. The fraction of sp³-hybridized carbons (Fsp3) is 0.436. The SMILES string of the molecule is COc1cc(-c2cncc(-c3cc(NC(=O)CC4CC4)cs3)n2)ccc1S(=O)(=O)N(C)C1CCN(C)CC1[n+]1cc(-c2ccc3c(c2)OCCN3C(=O)C2CCN(C)CC2)nc(-c2cc(NC(=O)CC3CC3)cs2)c1. The Morgan fingerprint density at radius 3 is 2.05 bits per heavy atom. The number of hydrogen-bond donors (Lipinski definition) is 2. The summed E-state index contributed by atoms with van der Waals surface area (Å²) in [5.41, 5.74) is 6.05. The number of likely N-dealkylation sites (N-methyl/N-ethyl adjacent to an activating group) is 2. The minimum Gasteiger partial charge on any atom is -0.495 e. The number of thiophene rings is 2. The number of nitrogens with zero attached hydrogens (tertiary/aromatic N) is 8. The summed E-state index contributed by atoms with van der Waals surface area (Å²) in [7, 11) is 3.07. The van der Waals surface area contributed by atoms with Gasteiger partial charge < -0.3 is 29.9 Å². The van der Waals surface area contributed by atoms with Crippen molar-refractivity contribution in [2.24, 2.45) is 17.8 Å². The molecular weight excluding hydrogens is 1010 g/mol. The van der Waals surface area contributed by atoms with E-state index in [1.54, 1.807) is 37.6 Å². The number of methoxy groups -OCH3 is 1. The first-order valence-electron chi connectivity index (χ1n) is 25.9.